The van der Waals surface area contributed by atoms with Gasteiger partial charge in [-0.3, -0.25) is 9.78 Å². The number of amides is 1. The molecule has 0 aliphatic heterocycles. The van der Waals surface area contributed by atoms with E-state index in [2.05, 4.69) is 10.3 Å². The number of nitrogens with zero attached hydrogens (tertiary/aromatic N) is 1. The summed E-state index contributed by atoms with van der Waals surface area (Å²) < 4.78 is 0. The first-order valence-corrected chi connectivity index (χ1v) is 6.05. The zero-order chi connectivity index (χ0) is 13.8. The summed E-state index contributed by atoms with van der Waals surface area (Å²) in [5, 5.41) is 11.8. The highest BCUT2D eigenvalue weighted by Crippen LogP contribution is 2.13. The Morgan fingerprint density at radius 2 is 1.84 bits per heavy atom. The van der Waals surface area contributed by atoms with Crippen molar-refractivity contribution >= 4 is 11.6 Å². The minimum atomic E-state index is -0.179. The number of pyridine rings is 1. The molecule has 4 heteroatoms. The first-order valence-electron chi connectivity index (χ1n) is 6.05. The molecule has 2 N–H and O–H groups in total. The van der Waals surface area contributed by atoms with Crippen molar-refractivity contribution in [3.05, 3.63) is 58.9 Å². The van der Waals surface area contributed by atoms with Crippen LogP contribution in [-0.2, 0) is 6.61 Å². The van der Waals surface area contributed by atoms with Gasteiger partial charge in [0, 0.05) is 11.4 Å². The Morgan fingerprint density at radius 1 is 1.16 bits per heavy atom. The van der Waals surface area contributed by atoms with Gasteiger partial charge in [-0.1, -0.05) is 12.1 Å². The van der Waals surface area contributed by atoms with Crippen molar-refractivity contribution in [2.24, 2.45) is 0 Å². The predicted octanol–water partition coefficient (Wildman–Crippen LogP) is 2.44. The quantitative estimate of drug-likeness (QED) is 0.886. The summed E-state index contributed by atoms with van der Waals surface area (Å²) in [5.74, 6) is -0.179. The third kappa shape index (κ3) is 3.17. The molecule has 98 valence electrons. The van der Waals surface area contributed by atoms with Gasteiger partial charge in [0.1, 0.15) is 0 Å². The van der Waals surface area contributed by atoms with Crippen molar-refractivity contribution in [2.75, 3.05) is 5.32 Å². The Balaban J connectivity index is 2.15. The van der Waals surface area contributed by atoms with Gasteiger partial charge in [-0.05, 0) is 43.7 Å². The maximum atomic E-state index is 12.1. The summed E-state index contributed by atoms with van der Waals surface area (Å²) in [6.07, 6.45) is 0. The molecule has 2 rings (SSSR count). The first kappa shape index (κ1) is 13.2. The first-order chi connectivity index (χ1) is 9.10. The average Bonchev–Trinajstić information content (AvgIpc) is 2.39. The van der Waals surface area contributed by atoms with Gasteiger partial charge >= 0.3 is 0 Å². The smallest absolute Gasteiger partial charge is 0.257 e. The normalized spacial score (nSPS) is 10.3. The lowest BCUT2D eigenvalue weighted by Gasteiger charge is -2.08. The maximum Gasteiger partial charge on any atom is 0.257 e. The third-order valence-corrected chi connectivity index (χ3v) is 2.86. The summed E-state index contributed by atoms with van der Waals surface area (Å²) in [6.45, 7) is 3.70. The molecule has 0 saturated heterocycles. The molecule has 0 aliphatic rings. The number of nitrogens with one attached hydrogen (secondary N) is 1. The Hall–Kier alpha value is -2.20. The Labute approximate surface area is 112 Å². The number of carbonyl (C=O) groups excluding carboxylic acids is 1. The highest BCUT2D eigenvalue weighted by molar-refractivity contribution is 6.04. The van der Waals surface area contributed by atoms with Gasteiger partial charge in [-0.15, -0.1) is 0 Å². The molecule has 1 aromatic heterocycles. The van der Waals surface area contributed by atoms with E-state index >= 15 is 0 Å². The molecule has 0 fully saturated rings. The number of aliphatic hydroxyl groups is 1. The minimum absolute atomic E-state index is 0.00475. The number of carbonyl (C=O) groups is 1. The summed E-state index contributed by atoms with van der Waals surface area (Å²) in [7, 11) is 0. The molecular weight excluding hydrogens is 240 g/mol. The maximum absolute atomic E-state index is 12.1. The Kier molecular flexibility index (Phi) is 3.92. The average molecular weight is 256 g/mol. The third-order valence-electron chi connectivity index (χ3n) is 2.86. The molecule has 19 heavy (non-hydrogen) atoms. The fourth-order valence-corrected chi connectivity index (χ4v) is 1.82. The van der Waals surface area contributed by atoms with Gasteiger partial charge in [0.15, 0.2) is 0 Å². The van der Waals surface area contributed by atoms with Crippen molar-refractivity contribution in [1.82, 2.24) is 4.98 Å². The largest absolute Gasteiger partial charge is 0.392 e. The van der Waals surface area contributed by atoms with E-state index in [1.54, 1.807) is 30.3 Å². The fourth-order valence-electron chi connectivity index (χ4n) is 1.82. The van der Waals surface area contributed by atoms with Crippen molar-refractivity contribution in [1.29, 1.82) is 0 Å². The number of aryl methyl sites for hydroxylation is 2. The lowest BCUT2D eigenvalue weighted by atomic mass is 10.1. The van der Waals surface area contributed by atoms with Gasteiger partial charge in [-0.2, -0.15) is 0 Å². The molecule has 0 aliphatic carbocycles. The lowest BCUT2D eigenvalue weighted by Crippen LogP contribution is -2.14. The van der Waals surface area contributed by atoms with Crippen molar-refractivity contribution in [2.45, 2.75) is 20.5 Å². The monoisotopic (exact) mass is 256 g/mol. The zero-order valence-electron chi connectivity index (χ0n) is 11.0. The van der Waals surface area contributed by atoms with Crippen LogP contribution in [0.2, 0.25) is 0 Å². The molecule has 0 radical (unpaired) electrons. The second-order valence-electron chi connectivity index (χ2n) is 4.39. The van der Waals surface area contributed by atoms with Crippen molar-refractivity contribution in [3.8, 4) is 0 Å². The van der Waals surface area contributed by atoms with Crippen LogP contribution in [0.3, 0.4) is 0 Å². The van der Waals surface area contributed by atoms with Crippen LogP contribution in [-0.4, -0.2) is 16.0 Å². The number of rotatable bonds is 3. The molecule has 0 saturated carbocycles. The van der Waals surface area contributed by atoms with Crippen LogP contribution in [0, 0.1) is 13.8 Å². The summed E-state index contributed by atoms with van der Waals surface area (Å²) in [6, 6.07) is 10.7. The topological polar surface area (TPSA) is 62.2 Å². The van der Waals surface area contributed by atoms with E-state index in [1.165, 1.54) is 0 Å². The number of hydrogen-bond acceptors (Lipinski definition) is 3. The van der Waals surface area contributed by atoms with Crippen LogP contribution in [0.1, 0.15) is 27.3 Å². The number of hydrogen-bond donors (Lipinski definition) is 2. The second-order valence-corrected chi connectivity index (χ2v) is 4.39. The number of anilines is 1. The molecule has 0 atom stereocenters. The number of benzene rings is 1. The molecule has 0 unspecified atom stereocenters. The van der Waals surface area contributed by atoms with Crippen LogP contribution < -0.4 is 5.32 Å². The van der Waals surface area contributed by atoms with Gasteiger partial charge in [0.05, 0.1) is 17.9 Å². The van der Waals surface area contributed by atoms with Crippen LogP contribution >= 0.6 is 0 Å². The van der Waals surface area contributed by atoms with E-state index in [9.17, 15) is 4.79 Å². The Morgan fingerprint density at radius 3 is 2.42 bits per heavy atom. The van der Waals surface area contributed by atoms with Gasteiger partial charge in [0.2, 0.25) is 0 Å². The van der Waals surface area contributed by atoms with E-state index in [0.29, 0.717) is 16.9 Å². The van der Waals surface area contributed by atoms with Gasteiger partial charge < -0.3 is 10.4 Å². The summed E-state index contributed by atoms with van der Waals surface area (Å²) >= 11 is 0. The van der Waals surface area contributed by atoms with E-state index in [1.807, 2.05) is 19.9 Å². The van der Waals surface area contributed by atoms with Crippen LogP contribution in [0.5, 0.6) is 0 Å². The molecule has 1 amide bonds. The highest BCUT2D eigenvalue weighted by atomic mass is 16.3. The molecular formula is C15H16N2O2. The van der Waals surface area contributed by atoms with Crippen LogP contribution in [0.4, 0.5) is 5.69 Å². The van der Waals surface area contributed by atoms with E-state index < -0.39 is 0 Å². The van der Waals surface area contributed by atoms with Crippen molar-refractivity contribution < 1.29 is 9.90 Å². The Bertz CT molecular complexity index is 592. The zero-order valence-corrected chi connectivity index (χ0v) is 11.0. The lowest BCUT2D eigenvalue weighted by molar-refractivity contribution is 0.102. The molecule has 0 bridgehead atoms. The standard InChI is InChI=1S/C15H16N2O2/c1-10-3-8-14(11(2)16-10)15(19)17-13-6-4-12(9-18)5-7-13/h3-8,18H,9H2,1-2H3,(H,17,19). The van der Waals surface area contributed by atoms with Gasteiger partial charge in [0.25, 0.3) is 5.91 Å². The fraction of sp³-hybridized carbons (Fsp3) is 0.200. The summed E-state index contributed by atoms with van der Waals surface area (Å²) in [4.78, 5) is 16.4. The minimum Gasteiger partial charge on any atom is -0.392 e. The molecule has 2 aromatic rings. The van der Waals surface area contributed by atoms with Crippen LogP contribution in [0.15, 0.2) is 36.4 Å². The van der Waals surface area contributed by atoms with E-state index in [4.69, 9.17) is 5.11 Å². The summed E-state index contributed by atoms with van der Waals surface area (Å²) in [5.41, 5.74) is 3.68. The van der Waals surface area contributed by atoms with Gasteiger partial charge in [-0.25, -0.2) is 0 Å². The van der Waals surface area contributed by atoms with E-state index in [0.717, 1.165) is 11.3 Å². The number of aromatic nitrogens is 1. The molecule has 1 heterocycles. The molecule has 0 spiro atoms. The second kappa shape index (κ2) is 5.63. The van der Waals surface area contributed by atoms with E-state index in [-0.39, 0.29) is 12.5 Å². The van der Waals surface area contributed by atoms with Crippen LogP contribution in [0.25, 0.3) is 0 Å². The molecule has 1 aromatic carbocycles. The van der Waals surface area contributed by atoms with Crippen molar-refractivity contribution in [3.63, 3.8) is 0 Å². The predicted molar refractivity (Wildman–Crippen MR) is 74.0 cm³/mol. The number of aliphatic hydroxyl groups excluding tert-OH is 1. The highest BCUT2D eigenvalue weighted by Gasteiger charge is 2.10. The molecule has 4 nitrogen and oxygen atoms in total. The SMILES string of the molecule is Cc1ccc(C(=O)Nc2ccc(CO)cc2)c(C)n1.